The molecule has 1 aliphatic rings. The molecule has 5 nitrogen and oxygen atoms in total. The highest BCUT2D eigenvalue weighted by Gasteiger charge is 2.21. The molecule has 0 aliphatic heterocycles. The third kappa shape index (κ3) is 5.46. The first kappa shape index (κ1) is 22.2. The third-order valence-electron chi connectivity index (χ3n) is 5.14. The van der Waals surface area contributed by atoms with Gasteiger partial charge in [-0.3, -0.25) is 19.7 Å². The molecular formula is C22H30ClN3O2. The first-order valence-electron chi connectivity index (χ1n) is 9.86. The summed E-state index contributed by atoms with van der Waals surface area (Å²) in [6, 6.07) is 10.0. The van der Waals surface area contributed by atoms with Crippen LogP contribution in [0.1, 0.15) is 54.1 Å². The van der Waals surface area contributed by atoms with Crippen molar-refractivity contribution >= 4 is 24.0 Å². The van der Waals surface area contributed by atoms with Crippen molar-refractivity contribution in [2.24, 2.45) is 0 Å². The highest BCUT2D eigenvalue weighted by Crippen LogP contribution is 2.30. The molecule has 1 aliphatic carbocycles. The number of anilines is 1. The van der Waals surface area contributed by atoms with Crippen molar-refractivity contribution in [3.63, 3.8) is 0 Å². The summed E-state index contributed by atoms with van der Waals surface area (Å²) in [4.78, 5) is 22.3. The number of carbonyl (C=O) groups excluding carboxylic acids is 1. The molecule has 1 heterocycles. The van der Waals surface area contributed by atoms with Crippen molar-refractivity contribution in [2.75, 3.05) is 18.7 Å². The number of carbonyl (C=O) groups is 1. The van der Waals surface area contributed by atoms with Gasteiger partial charge in [-0.1, -0.05) is 25.5 Å². The van der Waals surface area contributed by atoms with Crippen molar-refractivity contribution < 1.29 is 9.63 Å². The van der Waals surface area contributed by atoms with Crippen LogP contribution < -0.4 is 10.4 Å². The van der Waals surface area contributed by atoms with Crippen LogP contribution in [0.2, 0.25) is 0 Å². The number of fused-ring (bicyclic) bond motifs is 1. The summed E-state index contributed by atoms with van der Waals surface area (Å²) in [6.07, 6.45) is 9.85. The third-order valence-corrected chi connectivity index (χ3v) is 5.14. The molecule has 28 heavy (non-hydrogen) atoms. The second kappa shape index (κ2) is 11.0. The van der Waals surface area contributed by atoms with Gasteiger partial charge in [-0.25, -0.2) is 0 Å². The Hall–Kier alpha value is -2.11. The van der Waals surface area contributed by atoms with Gasteiger partial charge in [0, 0.05) is 18.4 Å². The van der Waals surface area contributed by atoms with Gasteiger partial charge in [0.15, 0.2) is 0 Å². The summed E-state index contributed by atoms with van der Waals surface area (Å²) in [7, 11) is 1.70. The maximum atomic E-state index is 12.6. The lowest BCUT2D eigenvalue weighted by molar-refractivity contribution is 0.0921. The fourth-order valence-electron chi connectivity index (χ4n) is 3.79. The molecule has 6 heteroatoms. The Morgan fingerprint density at radius 2 is 2.07 bits per heavy atom. The molecule has 0 fully saturated rings. The van der Waals surface area contributed by atoms with Crippen LogP contribution in [0.4, 0.5) is 5.69 Å². The molecule has 1 unspecified atom stereocenters. The lowest BCUT2D eigenvalue weighted by atomic mass is 9.90. The molecular weight excluding hydrogens is 374 g/mol. The zero-order valence-electron chi connectivity index (χ0n) is 16.7. The maximum absolute atomic E-state index is 12.6. The summed E-state index contributed by atoms with van der Waals surface area (Å²) in [5.41, 5.74) is 4.53. The Morgan fingerprint density at radius 3 is 2.79 bits per heavy atom. The number of hydroxylamine groups is 1. The first-order chi connectivity index (χ1) is 13.2. The number of halogens is 1. The molecule has 2 aromatic rings. The fraction of sp³-hybridized carbons (Fsp3) is 0.455. The molecule has 0 saturated heterocycles. The Kier molecular flexibility index (Phi) is 8.74. The minimum atomic E-state index is -0.0901. The second-order valence-electron chi connectivity index (χ2n) is 7.07. The van der Waals surface area contributed by atoms with Crippen LogP contribution in [0.15, 0.2) is 42.7 Å². The summed E-state index contributed by atoms with van der Waals surface area (Å²) < 4.78 is 0. The van der Waals surface area contributed by atoms with E-state index in [4.69, 9.17) is 4.84 Å². The number of hydrogen-bond donors (Lipinski definition) is 1. The number of benzene rings is 1. The monoisotopic (exact) mass is 403 g/mol. The van der Waals surface area contributed by atoms with Gasteiger partial charge in [0.1, 0.15) is 0 Å². The summed E-state index contributed by atoms with van der Waals surface area (Å²) in [6.45, 7) is 2.75. The molecule has 3 rings (SSSR count). The van der Waals surface area contributed by atoms with Crippen LogP contribution in [-0.4, -0.2) is 30.6 Å². The van der Waals surface area contributed by atoms with E-state index in [0.29, 0.717) is 12.1 Å². The Morgan fingerprint density at radius 1 is 1.25 bits per heavy atom. The zero-order chi connectivity index (χ0) is 19.1. The Labute approximate surface area is 173 Å². The van der Waals surface area contributed by atoms with E-state index >= 15 is 0 Å². The van der Waals surface area contributed by atoms with E-state index in [0.717, 1.165) is 31.4 Å². The van der Waals surface area contributed by atoms with Gasteiger partial charge in [-0.05, 0) is 61.4 Å². The van der Waals surface area contributed by atoms with Gasteiger partial charge < -0.3 is 5.32 Å². The number of pyridine rings is 1. The predicted molar refractivity (Wildman–Crippen MR) is 115 cm³/mol. The molecule has 1 atom stereocenters. The molecule has 0 saturated carbocycles. The van der Waals surface area contributed by atoms with Crippen molar-refractivity contribution in [3.05, 3.63) is 59.4 Å². The lowest BCUT2D eigenvalue weighted by Gasteiger charge is -2.31. The van der Waals surface area contributed by atoms with Gasteiger partial charge in [-0.15, -0.1) is 12.4 Å². The smallest absolute Gasteiger partial charge is 0.253 e. The molecule has 1 N–H and O–H groups in total. The summed E-state index contributed by atoms with van der Waals surface area (Å²) >= 11 is 0. The summed E-state index contributed by atoms with van der Waals surface area (Å²) in [5, 5.41) is 5.09. The normalized spacial score (nSPS) is 13.8. The van der Waals surface area contributed by atoms with E-state index < -0.39 is 0 Å². The molecule has 0 spiro atoms. The minimum absolute atomic E-state index is 0. The Bertz CT molecular complexity index is 755. The summed E-state index contributed by atoms with van der Waals surface area (Å²) in [5.74, 6) is -0.0901. The first-order valence-corrected chi connectivity index (χ1v) is 9.86. The van der Waals surface area contributed by atoms with E-state index in [2.05, 4.69) is 35.4 Å². The molecule has 1 amide bonds. The van der Waals surface area contributed by atoms with Gasteiger partial charge in [0.25, 0.3) is 5.91 Å². The van der Waals surface area contributed by atoms with Crippen LogP contribution in [0, 0.1) is 0 Å². The molecule has 1 aromatic carbocycles. The van der Waals surface area contributed by atoms with Crippen molar-refractivity contribution in [1.82, 2.24) is 10.3 Å². The number of aromatic nitrogens is 1. The van der Waals surface area contributed by atoms with Crippen molar-refractivity contribution in [1.29, 1.82) is 0 Å². The minimum Gasteiger partial charge on any atom is -0.347 e. The highest BCUT2D eigenvalue weighted by molar-refractivity contribution is 5.94. The van der Waals surface area contributed by atoms with Gasteiger partial charge in [-0.2, -0.15) is 0 Å². The van der Waals surface area contributed by atoms with Gasteiger partial charge >= 0.3 is 0 Å². The van der Waals surface area contributed by atoms with Crippen LogP contribution in [0.5, 0.6) is 0 Å². The van der Waals surface area contributed by atoms with E-state index in [9.17, 15) is 4.79 Å². The van der Waals surface area contributed by atoms with Crippen LogP contribution in [-0.2, 0) is 17.7 Å². The molecule has 1 aromatic heterocycles. The predicted octanol–water partition coefficient (Wildman–Crippen LogP) is 4.35. The SMILES string of the molecule is CCCC(CN(OC)c1cccc2c1CCCC2)NC(=O)c1cccnc1.Cl. The zero-order valence-corrected chi connectivity index (χ0v) is 17.5. The fourth-order valence-corrected chi connectivity index (χ4v) is 3.79. The maximum Gasteiger partial charge on any atom is 0.253 e. The number of hydrogen-bond acceptors (Lipinski definition) is 4. The van der Waals surface area contributed by atoms with E-state index in [1.807, 2.05) is 5.06 Å². The number of rotatable bonds is 8. The van der Waals surface area contributed by atoms with E-state index in [1.54, 1.807) is 31.6 Å². The van der Waals surface area contributed by atoms with Crippen molar-refractivity contribution in [2.45, 2.75) is 51.5 Å². The number of nitrogens with zero attached hydrogens (tertiary/aromatic N) is 2. The van der Waals surface area contributed by atoms with Gasteiger partial charge in [0.05, 0.1) is 24.9 Å². The topological polar surface area (TPSA) is 54.5 Å². The molecule has 0 radical (unpaired) electrons. The highest BCUT2D eigenvalue weighted by atomic mass is 35.5. The van der Waals surface area contributed by atoms with E-state index in [-0.39, 0.29) is 24.4 Å². The molecule has 0 bridgehead atoms. The lowest BCUT2D eigenvalue weighted by Crippen LogP contribution is -2.44. The second-order valence-corrected chi connectivity index (χ2v) is 7.07. The Balaban J connectivity index is 0.00000280. The quantitative estimate of drug-likeness (QED) is 0.666. The van der Waals surface area contributed by atoms with Crippen LogP contribution in [0.25, 0.3) is 0 Å². The largest absolute Gasteiger partial charge is 0.347 e. The average molecular weight is 404 g/mol. The van der Waals surface area contributed by atoms with Crippen LogP contribution in [0.3, 0.4) is 0 Å². The van der Waals surface area contributed by atoms with Crippen LogP contribution >= 0.6 is 12.4 Å². The standard InChI is InChI=1S/C22H29N3O2.ClH/c1-3-8-19(24-22(26)18-11-7-14-23-15-18)16-25(27-2)21-13-6-10-17-9-4-5-12-20(17)21;/h6-7,10-11,13-15,19H,3-5,8-9,12,16H2,1-2H3,(H,24,26);1H. The molecule has 152 valence electrons. The number of aryl methyl sites for hydroxylation is 1. The average Bonchev–Trinajstić information content (AvgIpc) is 2.72. The number of amides is 1. The van der Waals surface area contributed by atoms with Gasteiger partial charge in [0.2, 0.25) is 0 Å². The van der Waals surface area contributed by atoms with Crippen molar-refractivity contribution in [3.8, 4) is 0 Å². The number of nitrogens with one attached hydrogen (secondary N) is 1. The van der Waals surface area contributed by atoms with E-state index in [1.165, 1.54) is 24.0 Å².